The van der Waals surface area contributed by atoms with Crippen LogP contribution in [0.3, 0.4) is 0 Å². The number of unbranched alkanes of at least 4 members (excludes halogenated alkanes) is 13. The second-order valence-corrected chi connectivity index (χ2v) is 11.0. The molecule has 41 heavy (non-hydrogen) atoms. The van der Waals surface area contributed by atoms with Crippen LogP contribution in [0.5, 0.6) is 11.5 Å². The number of aryl methyl sites for hydroxylation is 1. The van der Waals surface area contributed by atoms with Crippen LogP contribution in [0.4, 0.5) is 0 Å². The first kappa shape index (κ1) is 37.2. The molecule has 2 amide bonds. The van der Waals surface area contributed by atoms with Gasteiger partial charge in [-0.1, -0.05) is 108 Å². The van der Waals surface area contributed by atoms with Crippen molar-refractivity contribution in [3.63, 3.8) is 0 Å². The molecule has 8 heteroatoms. The quantitative estimate of drug-likeness (QED) is 0.105. The number of hydrogen-bond donors (Lipinski definition) is 0. The maximum absolute atomic E-state index is 12.7. The number of imide groups is 1. The van der Waals surface area contributed by atoms with E-state index in [9.17, 15) is 9.59 Å². The van der Waals surface area contributed by atoms with E-state index in [0.29, 0.717) is 23.1 Å². The molecule has 0 bridgehead atoms. The fourth-order valence-corrected chi connectivity index (χ4v) is 4.88. The molecular weight excluding hydrogens is 651 g/mol. The molecule has 6 nitrogen and oxygen atoms in total. The minimum atomic E-state index is -0.411. The van der Waals surface area contributed by atoms with E-state index >= 15 is 0 Å². The number of ether oxygens (including phenoxy) is 2. The number of amides is 2. The Bertz CT molecular complexity index is 1020. The summed E-state index contributed by atoms with van der Waals surface area (Å²) in [5.41, 5.74) is 0.842. The lowest BCUT2D eigenvalue weighted by Crippen LogP contribution is -3.00. The lowest BCUT2D eigenvalue weighted by molar-refractivity contribution is -0.679. The first-order valence-electron chi connectivity index (χ1n) is 15.2. The SMILES string of the molecule is CCCCCCCCCCCCCCCCOc1ccc(OCC(=O)N(Cc2cccc[n+]2C)C(C)=O)cc1Cl.[I-]. The van der Waals surface area contributed by atoms with Crippen LogP contribution in [0.2, 0.25) is 5.02 Å². The summed E-state index contributed by atoms with van der Waals surface area (Å²) in [6.07, 6.45) is 20.4. The fourth-order valence-electron chi connectivity index (χ4n) is 4.65. The number of aromatic nitrogens is 1. The third-order valence-electron chi connectivity index (χ3n) is 7.18. The van der Waals surface area contributed by atoms with Crippen LogP contribution in [0, 0.1) is 0 Å². The van der Waals surface area contributed by atoms with Gasteiger partial charge in [-0.3, -0.25) is 14.5 Å². The van der Waals surface area contributed by atoms with Crippen molar-refractivity contribution in [3.8, 4) is 11.5 Å². The molecule has 0 spiro atoms. The van der Waals surface area contributed by atoms with E-state index in [2.05, 4.69) is 6.92 Å². The van der Waals surface area contributed by atoms with Crippen LogP contribution in [0.1, 0.15) is 109 Å². The highest BCUT2D eigenvalue weighted by atomic mass is 127. The van der Waals surface area contributed by atoms with Crippen molar-refractivity contribution in [3.05, 3.63) is 53.3 Å². The zero-order chi connectivity index (χ0) is 29.0. The number of rotatable bonds is 21. The topological polar surface area (TPSA) is 59.7 Å². The molecule has 0 fully saturated rings. The summed E-state index contributed by atoms with van der Waals surface area (Å²) in [5.74, 6) is 0.321. The molecule has 0 aliphatic rings. The van der Waals surface area contributed by atoms with Gasteiger partial charge in [0.25, 0.3) is 5.91 Å². The van der Waals surface area contributed by atoms with Crippen molar-refractivity contribution in [1.82, 2.24) is 4.90 Å². The van der Waals surface area contributed by atoms with Crippen LogP contribution < -0.4 is 38.0 Å². The number of benzene rings is 1. The summed E-state index contributed by atoms with van der Waals surface area (Å²) in [6, 6.07) is 10.8. The number of hydrogen-bond acceptors (Lipinski definition) is 4. The zero-order valence-corrected chi connectivity index (χ0v) is 28.3. The van der Waals surface area contributed by atoms with Gasteiger partial charge in [0.05, 0.1) is 11.6 Å². The van der Waals surface area contributed by atoms with Crippen LogP contribution >= 0.6 is 11.6 Å². The Kier molecular flexibility index (Phi) is 20.6. The molecule has 0 aliphatic heterocycles. The van der Waals surface area contributed by atoms with E-state index < -0.39 is 5.91 Å². The molecule has 1 heterocycles. The molecule has 0 unspecified atom stereocenters. The van der Waals surface area contributed by atoms with Crippen LogP contribution in [-0.4, -0.2) is 29.9 Å². The highest BCUT2D eigenvalue weighted by molar-refractivity contribution is 6.32. The molecule has 2 rings (SSSR count). The summed E-state index contributed by atoms with van der Waals surface area (Å²) in [5, 5.41) is 0.440. The Labute approximate surface area is 270 Å². The Morgan fingerprint density at radius 1 is 0.829 bits per heavy atom. The van der Waals surface area contributed by atoms with Crippen molar-refractivity contribution < 1.29 is 47.6 Å². The minimum Gasteiger partial charge on any atom is -1.00 e. The van der Waals surface area contributed by atoms with Crippen LogP contribution in [0.15, 0.2) is 42.6 Å². The molecule has 0 aliphatic carbocycles. The van der Waals surface area contributed by atoms with Gasteiger partial charge in [0, 0.05) is 25.1 Å². The molecule has 0 saturated heterocycles. The van der Waals surface area contributed by atoms with Crippen LogP contribution in [0.25, 0.3) is 0 Å². The molecule has 230 valence electrons. The molecule has 2 aromatic rings. The average Bonchev–Trinajstić information content (AvgIpc) is 2.94. The maximum Gasteiger partial charge on any atom is 0.267 e. The first-order chi connectivity index (χ1) is 19.4. The fraction of sp³-hybridized carbons (Fsp3) is 0.606. The first-order valence-corrected chi connectivity index (χ1v) is 15.6. The standard InChI is InChI=1S/C33H50ClN2O4.HI/c1-4-5-6-7-8-9-10-11-12-13-14-15-16-19-24-39-32-22-21-30(25-31(32)34)40-27-33(38)36(28(2)37)26-29-20-17-18-23-35(29)3;/h17-18,20-23,25H,4-16,19,24,26-27H2,1-3H3;1H/q+1;/p-1. The number of carbonyl (C=O) groups is 2. The van der Waals surface area contributed by atoms with E-state index in [-0.39, 0.29) is 43.0 Å². The van der Waals surface area contributed by atoms with Gasteiger partial charge >= 0.3 is 0 Å². The normalized spacial score (nSPS) is 10.6. The van der Waals surface area contributed by atoms with Crippen LogP contribution in [-0.2, 0) is 23.2 Å². The molecule has 0 saturated carbocycles. The summed E-state index contributed by atoms with van der Waals surface area (Å²) < 4.78 is 13.4. The van der Waals surface area contributed by atoms with E-state index in [4.69, 9.17) is 21.1 Å². The molecule has 1 aromatic heterocycles. The summed E-state index contributed by atoms with van der Waals surface area (Å²) in [7, 11) is 1.87. The predicted octanol–water partition coefficient (Wildman–Crippen LogP) is 4.98. The highest BCUT2D eigenvalue weighted by Crippen LogP contribution is 2.29. The Morgan fingerprint density at radius 3 is 1.95 bits per heavy atom. The lowest BCUT2D eigenvalue weighted by Gasteiger charge is -2.18. The molecule has 0 atom stereocenters. The zero-order valence-electron chi connectivity index (χ0n) is 25.3. The Balaban J connectivity index is 0.00000840. The van der Waals surface area contributed by atoms with Crippen molar-refractivity contribution in [2.24, 2.45) is 7.05 Å². The number of pyridine rings is 1. The molecule has 1 aromatic carbocycles. The Morgan fingerprint density at radius 2 is 1.41 bits per heavy atom. The van der Waals surface area contributed by atoms with Crippen molar-refractivity contribution in [1.29, 1.82) is 0 Å². The largest absolute Gasteiger partial charge is 1.00 e. The van der Waals surface area contributed by atoms with Gasteiger partial charge < -0.3 is 33.5 Å². The van der Waals surface area contributed by atoms with E-state index in [1.807, 2.05) is 36.0 Å². The van der Waals surface area contributed by atoms with Crippen molar-refractivity contribution >= 4 is 23.4 Å². The average molecular weight is 701 g/mol. The van der Waals surface area contributed by atoms with Crippen molar-refractivity contribution in [2.75, 3.05) is 13.2 Å². The maximum atomic E-state index is 12.7. The summed E-state index contributed by atoms with van der Waals surface area (Å²) in [4.78, 5) is 26.0. The number of carbonyl (C=O) groups excluding carboxylic acids is 2. The van der Waals surface area contributed by atoms with Gasteiger partial charge in [0.1, 0.15) is 25.1 Å². The van der Waals surface area contributed by atoms with Crippen molar-refractivity contribution in [2.45, 2.75) is 110 Å². The predicted molar refractivity (Wildman–Crippen MR) is 162 cm³/mol. The van der Waals surface area contributed by atoms with Gasteiger partial charge in [-0.15, -0.1) is 0 Å². The molecule has 0 radical (unpaired) electrons. The van der Waals surface area contributed by atoms with E-state index in [1.54, 1.807) is 18.2 Å². The monoisotopic (exact) mass is 700 g/mol. The van der Waals surface area contributed by atoms with Gasteiger partial charge in [0.15, 0.2) is 12.8 Å². The second kappa shape index (κ2) is 22.7. The molecular formula is C33H50ClIN2O4. The third kappa shape index (κ3) is 15.8. The smallest absolute Gasteiger partial charge is 0.267 e. The highest BCUT2D eigenvalue weighted by Gasteiger charge is 2.22. The second-order valence-electron chi connectivity index (χ2n) is 10.6. The molecule has 0 N–H and O–H groups in total. The van der Waals surface area contributed by atoms with Gasteiger partial charge in [-0.2, -0.15) is 0 Å². The Hall–Kier alpha value is -1.87. The van der Waals surface area contributed by atoms with E-state index in [1.165, 1.54) is 88.9 Å². The summed E-state index contributed by atoms with van der Waals surface area (Å²) in [6.45, 7) is 4.20. The van der Waals surface area contributed by atoms with Gasteiger partial charge in [-0.25, -0.2) is 4.57 Å². The third-order valence-corrected chi connectivity index (χ3v) is 7.48. The number of nitrogens with zero attached hydrogens (tertiary/aromatic N) is 2. The van der Waals surface area contributed by atoms with Gasteiger partial charge in [-0.05, 0) is 18.6 Å². The van der Waals surface area contributed by atoms with E-state index in [0.717, 1.165) is 18.5 Å². The summed E-state index contributed by atoms with van der Waals surface area (Å²) >= 11 is 6.39. The number of halogens is 2. The minimum absolute atomic E-state index is 0. The lowest BCUT2D eigenvalue weighted by atomic mass is 10.0. The van der Waals surface area contributed by atoms with Gasteiger partial charge in [0.2, 0.25) is 11.6 Å².